The van der Waals surface area contributed by atoms with Gasteiger partial charge in [-0.1, -0.05) is 38.8 Å². The van der Waals surface area contributed by atoms with Crippen LogP contribution in [0.15, 0.2) is 52.3 Å². The molecule has 0 fully saturated rings. The Bertz CT molecular complexity index is 792. The molecule has 0 amide bonds. The summed E-state index contributed by atoms with van der Waals surface area (Å²) in [5.74, 6) is 1.78. The summed E-state index contributed by atoms with van der Waals surface area (Å²) in [4.78, 5) is 2.55. The number of aliphatic hydroxyl groups excluding tert-OH is 1. The molecule has 0 spiro atoms. The van der Waals surface area contributed by atoms with Crippen molar-refractivity contribution >= 4 is 23.5 Å². The minimum Gasteiger partial charge on any atom is -0.497 e. The summed E-state index contributed by atoms with van der Waals surface area (Å²) in [6.45, 7) is 4.48. The van der Waals surface area contributed by atoms with Crippen molar-refractivity contribution in [3.05, 3.63) is 53.6 Å². The SMILES string of the molecule is CCCC[C@]1(CC)CSc2ccc(SC)cc2[C@@H](c2cccc(OC)c2)[C@H]1O. The Morgan fingerprint density at radius 1 is 1.21 bits per heavy atom. The van der Waals surface area contributed by atoms with Crippen LogP contribution in [0.25, 0.3) is 0 Å². The van der Waals surface area contributed by atoms with Crippen molar-refractivity contribution in [3.8, 4) is 5.75 Å². The second-order valence-electron chi connectivity index (χ2n) is 7.71. The van der Waals surface area contributed by atoms with Crippen molar-refractivity contribution in [2.24, 2.45) is 5.41 Å². The lowest BCUT2D eigenvalue weighted by Gasteiger charge is -2.40. The van der Waals surface area contributed by atoms with Gasteiger partial charge in [-0.25, -0.2) is 0 Å². The zero-order valence-electron chi connectivity index (χ0n) is 17.4. The van der Waals surface area contributed by atoms with E-state index in [1.807, 2.05) is 23.9 Å². The van der Waals surface area contributed by atoms with Gasteiger partial charge in [0.05, 0.1) is 13.2 Å². The second-order valence-corrected chi connectivity index (χ2v) is 9.61. The van der Waals surface area contributed by atoms with E-state index in [2.05, 4.69) is 50.4 Å². The van der Waals surface area contributed by atoms with Crippen molar-refractivity contribution in [2.75, 3.05) is 19.1 Å². The number of aliphatic hydroxyl groups is 1. The summed E-state index contributed by atoms with van der Waals surface area (Å²) in [6, 6.07) is 15.0. The number of rotatable bonds is 7. The predicted molar refractivity (Wildman–Crippen MR) is 122 cm³/mol. The Labute approximate surface area is 178 Å². The molecule has 0 unspecified atom stereocenters. The van der Waals surface area contributed by atoms with Gasteiger partial charge < -0.3 is 9.84 Å². The maximum absolute atomic E-state index is 11.9. The van der Waals surface area contributed by atoms with Gasteiger partial charge in [0.2, 0.25) is 0 Å². The third-order valence-electron chi connectivity index (χ3n) is 6.20. The lowest BCUT2D eigenvalue weighted by Crippen LogP contribution is -2.40. The number of benzene rings is 2. The maximum atomic E-state index is 11.9. The van der Waals surface area contributed by atoms with E-state index in [4.69, 9.17) is 4.74 Å². The first-order valence-electron chi connectivity index (χ1n) is 10.2. The molecule has 0 radical (unpaired) electrons. The topological polar surface area (TPSA) is 29.5 Å². The molecule has 0 bridgehead atoms. The van der Waals surface area contributed by atoms with Crippen molar-refractivity contribution in [1.29, 1.82) is 0 Å². The molecule has 1 heterocycles. The van der Waals surface area contributed by atoms with E-state index < -0.39 is 6.10 Å². The minimum absolute atomic E-state index is 0.0380. The first-order chi connectivity index (χ1) is 13.6. The van der Waals surface area contributed by atoms with Gasteiger partial charge >= 0.3 is 0 Å². The number of thioether (sulfide) groups is 2. The van der Waals surface area contributed by atoms with Crippen molar-refractivity contribution < 1.29 is 9.84 Å². The summed E-state index contributed by atoms with van der Waals surface area (Å²) in [5.41, 5.74) is 2.32. The number of hydrogen-bond acceptors (Lipinski definition) is 4. The zero-order chi connectivity index (χ0) is 20.1. The fourth-order valence-electron chi connectivity index (χ4n) is 4.29. The summed E-state index contributed by atoms with van der Waals surface area (Å²) < 4.78 is 5.50. The highest BCUT2D eigenvalue weighted by Crippen LogP contribution is 2.51. The first kappa shape index (κ1) is 21.6. The quantitative estimate of drug-likeness (QED) is 0.515. The van der Waals surface area contributed by atoms with Crippen LogP contribution in [-0.2, 0) is 0 Å². The van der Waals surface area contributed by atoms with Crippen LogP contribution in [-0.4, -0.2) is 30.3 Å². The van der Waals surface area contributed by atoms with E-state index in [1.165, 1.54) is 15.4 Å². The molecule has 0 aromatic heterocycles. The Kier molecular flexibility index (Phi) is 7.41. The molecule has 2 nitrogen and oxygen atoms in total. The molecule has 1 aliphatic heterocycles. The van der Waals surface area contributed by atoms with E-state index in [0.717, 1.165) is 42.7 Å². The lowest BCUT2D eigenvalue weighted by molar-refractivity contribution is 0.0182. The van der Waals surface area contributed by atoms with E-state index in [-0.39, 0.29) is 11.3 Å². The number of ether oxygens (including phenoxy) is 1. The van der Waals surface area contributed by atoms with Gasteiger partial charge in [0.15, 0.2) is 0 Å². The van der Waals surface area contributed by atoms with Crippen LogP contribution in [0.2, 0.25) is 0 Å². The van der Waals surface area contributed by atoms with Crippen LogP contribution >= 0.6 is 23.5 Å². The van der Waals surface area contributed by atoms with Crippen LogP contribution in [0.4, 0.5) is 0 Å². The zero-order valence-corrected chi connectivity index (χ0v) is 19.0. The molecular weight excluding hydrogens is 384 g/mol. The summed E-state index contributed by atoms with van der Waals surface area (Å²) in [5, 5.41) is 11.9. The number of fused-ring (bicyclic) bond motifs is 1. The molecule has 0 aliphatic carbocycles. The molecule has 4 heteroatoms. The maximum Gasteiger partial charge on any atom is 0.119 e. The van der Waals surface area contributed by atoms with Crippen LogP contribution in [0.3, 0.4) is 0 Å². The average molecular weight is 417 g/mol. The Morgan fingerprint density at radius 3 is 2.71 bits per heavy atom. The van der Waals surface area contributed by atoms with Gasteiger partial charge in [0.1, 0.15) is 5.75 Å². The molecule has 1 aliphatic rings. The average Bonchev–Trinajstić information content (AvgIpc) is 2.86. The van der Waals surface area contributed by atoms with E-state index in [9.17, 15) is 5.11 Å². The normalized spacial score (nSPS) is 24.5. The van der Waals surface area contributed by atoms with Crippen molar-refractivity contribution in [3.63, 3.8) is 0 Å². The number of methoxy groups -OCH3 is 1. The summed E-state index contributed by atoms with van der Waals surface area (Å²) in [7, 11) is 1.70. The molecule has 2 aromatic rings. The van der Waals surface area contributed by atoms with Crippen LogP contribution in [0, 0.1) is 5.41 Å². The molecule has 0 saturated carbocycles. The monoisotopic (exact) mass is 416 g/mol. The Morgan fingerprint density at radius 2 is 2.04 bits per heavy atom. The smallest absolute Gasteiger partial charge is 0.119 e. The molecule has 28 heavy (non-hydrogen) atoms. The van der Waals surface area contributed by atoms with Gasteiger partial charge in [-0.05, 0) is 60.6 Å². The largest absolute Gasteiger partial charge is 0.497 e. The van der Waals surface area contributed by atoms with E-state index in [0.29, 0.717) is 0 Å². The summed E-state index contributed by atoms with van der Waals surface area (Å²) >= 11 is 3.68. The molecular formula is C24H32O2S2. The fourth-order valence-corrected chi connectivity index (χ4v) is 6.22. The Balaban J connectivity index is 2.16. The molecule has 152 valence electrons. The van der Waals surface area contributed by atoms with Crippen LogP contribution in [0.5, 0.6) is 5.75 Å². The lowest BCUT2D eigenvalue weighted by atomic mass is 9.69. The highest BCUT2D eigenvalue weighted by molar-refractivity contribution is 7.99. The van der Waals surface area contributed by atoms with Crippen molar-refractivity contribution in [1.82, 2.24) is 0 Å². The molecule has 2 aromatic carbocycles. The van der Waals surface area contributed by atoms with Crippen LogP contribution in [0.1, 0.15) is 56.6 Å². The van der Waals surface area contributed by atoms with Gasteiger partial charge in [0.25, 0.3) is 0 Å². The first-order valence-corrected chi connectivity index (χ1v) is 12.4. The van der Waals surface area contributed by atoms with Gasteiger partial charge in [-0.15, -0.1) is 23.5 Å². The van der Waals surface area contributed by atoms with Gasteiger partial charge in [-0.2, -0.15) is 0 Å². The summed E-state index contributed by atoms with van der Waals surface area (Å²) in [6.07, 6.45) is 6.07. The van der Waals surface area contributed by atoms with Gasteiger partial charge in [-0.3, -0.25) is 0 Å². The molecule has 3 rings (SSSR count). The third-order valence-corrected chi connectivity index (χ3v) is 8.32. The van der Waals surface area contributed by atoms with Crippen LogP contribution < -0.4 is 4.74 Å². The fraction of sp³-hybridized carbons (Fsp3) is 0.500. The molecule has 0 saturated heterocycles. The number of unbranched alkanes of at least 4 members (excludes halogenated alkanes) is 1. The van der Waals surface area contributed by atoms with E-state index >= 15 is 0 Å². The van der Waals surface area contributed by atoms with Gasteiger partial charge in [0, 0.05) is 26.9 Å². The standard InChI is InChI=1S/C24H32O2S2/c1-5-7-13-24(6-2)16-28-21-12-11-19(27-4)15-20(21)22(23(24)25)17-9-8-10-18(14-17)26-3/h8-12,14-15,22-23,25H,5-7,13,16H2,1-4H3/t22-,23-,24-/m1/s1. The van der Waals surface area contributed by atoms with E-state index in [1.54, 1.807) is 18.9 Å². The second kappa shape index (κ2) is 9.60. The predicted octanol–water partition coefficient (Wildman–Crippen LogP) is 6.60. The highest BCUT2D eigenvalue weighted by atomic mass is 32.2. The molecule has 3 atom stereocenters. The molecule has 1 N–H and O–H groups in total. The highest BCUT2D eigenvalue weighted by Gasteiger charge is 2.44. The van der Waals surface area contributed by atoms with Crippen molar-refractivity contribution in [2.45, 2.75) is 61.3 Å². The third kappa shape index (κ3) is 4.24. The number of hydrogen-bond donors (Lipinski definition) is 1. The Hall–Kier alpha value is -1.10. The minimum atomic E-state index is -0.415.